The van der Waals surface area contributed by atoms with Crippen molar-refractivity contribution in [2.45, 2.75) is 57.9 Å². The van der Waals surface area contributed by atoms with Crippen LogP contribution in [0.25, 0.3) is 0 Å². The molecule has 1 aliphatic carbocycles. The first-order valence-corrected chi connectivity index (χ1v) is 7.05. The minimum atomic E-state index is 0.345. The van der Waals surface area contributed by atoms with E-state index >= 15 is 0 Å². The van der Waals surface area contributed by atoms with Crippen molar-refractivity contribution in [2.24, 2.45) is 11.7 Å². The van der Waals surface area contributed by atoms with Crippen LogP contribution in [0.2, 0.25) is 0 Å². The van der Waals surface area contributed by atoms with Gasteiger partial charge < -0.3 is 5.73 Å². The van der Waals surface area contributed by atoms with Crippen LogP contribution < -0.4 is 5.73 Å². The fourth-order valence-corrected chi connectivity index (χ4v) is 2.99. The van der Waals surface area contributed by atoms with Gasteiger partial charge in [-0.1, -0.05) is 55.5 Å². The molecular formula is C16H25N. The van der Waals surface area contributed by atoms with Gasteiger partial charge in [-0.25, -0.2) is 0 Å². The van der Waals surface area contributed by atoms with Crippen LogP contribution in [-0.4, -0.2) is 6.04 Å². The number of nitrogens with two attached hydrogens (primary N) is 1. The second kappa shape index (κ2) is 6.20. The Kier molecular flexibility index (Phi) is 4.61. The number of hydrogen-bond acceptors (Lipinski definition) is 1. The van der Waals surface area contributed by atoms with Gasteiger partial charge in [0.15, 0.2) is 0 Å². The topological polar surface area (TPSA) is 26.0 Å². The second-order valence-corrected chi connectivity index (χ2v) is 5.68. The van der Waals surface area contributed by atoms with E-state index < -0.39 is 0 Å². The van der Waals surface area contributed by atoms with Crippen LogP contribution >= 0.6 is 0 Å². The third kappa shape index (κ3) is 4.16. The molecule has 0 radical (unpaired) electrons. The molecule has 0 bridgehead atoms. The van der Waals surface area contributed by atoms with Crippen molar-refractivity contribution in [1.29, 1.82) is 0 Å². The molecule has 17 heavy (non-hydrogen) atoms. The van der Waals surface area contributed by atoms with Gasteiger partial charge in [0.05, 0.1) is 0 Å². The Morgan fingerprint density at radius 3 is 2.76 bits per heavy atom. The third-order valence-electron chi connectivity index (χ3n) is 4.00. The van der Waals surface area contributed by atoms with E-state index in [4.69, 9.17) is 5.73 Å². The van der Waals surface area contributed by atoms with Gasteiger partial charge in [-0.05, 0) is 37.7 Å². The summed E-state index contributed by atoms with van der Waals surface area (Å²) < 4.78 is 0. The number of aryl methyl sites for hydroxylation is 1. The summed E-state index contributed by atoms with van der Waals surface area (Å²) in [6.07, 6.45) is 9.34. The first kappa shape index (κ1) is 12.6. The van der Waals surface area contributed by atoms with Crippen molar-refractivity contribution in [1.82, 2.24) is 0 Å². The van der Waals surface area contributed by atoms with Crippen LogP contribution in [0.3, 0.4) is 0 Å². The quantitative estimate of drug-likeness (QED) is 0.818. The molecule has 1 aromatic rings. The minimum Gasteiger partial charge on any atom is -0.327 e. The molecular weight excluding hydrogens is 206 g/mol. The summed E-state index contributed by atoms with van der Waals surface area (Å²) in [6.45, 7) is 2.15. The predicted octanol–water partition coefficient (Wildman–Crippen LogP) is 3.84. The average molecular weight is 231 g/mol. The number of rotatable bonds is 5. The van der Waals surface area contributed by atoms with Gasteiger partial charge in [-0.3, -0.25) is 0 Å². The standard InChI is InChI=1S/C16H25N/c1-13-5-4-8-15(11-13)12-16(17)10-9-14-6-2-3-7-14/h4-5,8,11,14,16H,2-3,6-7,9-10,12,17H2,1H3. The van der Waals surface area contributed by atoms with E-state index in [2.05, 4.69) is 31.2 Å². The maximum absolute atomic E-state index is 6.23. The molecule has 2 N–H and O–H groups in total. The first-order valence-electron chi connectivity index (χ1n) is 7.05. The second-order valence-electron chi connectivity index (χ2n) is 5.68. The molecule has 1 saturated carbocycles. The van der Waals surface area contributed by atoms with Crippen molar-refractivity contribution >= 4 is 0 Å². The van der Waals surface area contributed by atoms with Gasteiger partial charge in [-0.15, -0.1) is 0 Å². The summed E-state index contributed by atoms with van der Waals surface area (Å²) in [4.78, 5) is 0. The summed E-state index contributed by atoms with van der Waals surface area (Å²) in [5, 5.41) is 0. The van der Waals surface area contributed by atoms with Crippen LogP contribution in [-0.2, 0) is 6.42 Å². The molecule has 1 nitrogen and oxygen atoms in total. The van der Waals surface area contributed by atoms with E-state index in [1.165, 1.54) is 49.7 Å². The molecule has 2 rings (SSSR count). The highest BCUT2D eigenvalue weighted by Gasteiger charge is 2.16. The van der Waals surface area contributed by atoms with Crippen molar-refractivity contribution in [3.05, 3.63) is 35.4 Å². The Morgan fingerprint density at radius 1 is 1.29 bits per heavy atom. The van der Waals surface area contributed by atoms with Gasteiger partial charge >= 0.3 is 0 Å². The highest BCUT2D eigenvalue weighted by atomic mass is 14.6. The molecule has 0 saturated heterocycles. The van der Waals surface area contributed by atoms with Gasteiger partial charge in [-0.2, -0.15) is 0 Å². The predicted molar refractivity (Wildman–Crippen MR) is 74.1 cm³/mol. The van der Waals surface area contributed by atoms with E-state index in [1.54, 1.807) is 0 Å². The largest absolute Gasteiger partial charge is 0.327 e. The lowest BCUT2D eigenvalue weighted by Crippen LogP contribution is -2.23. The highest BCUT2D eigenvalue weighted by Crippen LogP contribution is 2.29. The van der Waals surface area contributed by atoms with Gasteiger partial charge in [0, 0.05) is 6.04 Å². The average Bonchev–Trinajstić information content (AvgIpc) is 2.79. The zero-order valence-corrected chi connectivity index (χ0v) is 11.0. The van der Waals surface area contributed by atoms with E-state index in [0.717, 1.165) is 12.3 Å². The lowest BCUT2D eigenvalue weighted by atomic mass is 9.95. The van der Waals surface area contributed by atoms with Crippen molar-refractivity contribution in [3.8, 4) is 0 Å². The maximum Gasteiger partial charge on any atom is 0.00794 e. The monoisotopic (exact) mass is 231 g/mol. The fraction of sp³-hybridized carbons (Fsp3) is 0.625. The number of hydrogen-bond donors (Lipinski definition) is 1. The Bertz CT molecular complexity index is 339. The summed E-state index contributed by atoms with van der Waals surface area (Å²) in [5.74, 6) is 0.971. The van der Waals surface area contributed by atoms with E-state index in [1.807, 2.05) is 0 Å². The van der Waals surface area contributed by atoms with E-state index in [9.17, 15) is 0 Å². The molecule has 1 heteroatoms. The number of benzene rings is 1. The van der Waals surface area contributed by atoms with Crippen molar-refractivity contribution in [2.75, 3.05) is 0 Å². The molecule has 1 aromatic carbocycles. The molecule has 0 amide bonds. The van der Waals surface area contributed by atoms with Gasteiger partial charge in [0.1, 0.15) is 0 Å². The van der Waals surface area contributed by atoms with Crippen LogP contribution in [0.5, 0.6) is 0 Å². The molecule has 1 aliphatic rings. The fourth-order valence-electron chi connectivity index (χ4n) is 2.99. The molecule has 1 atom stereocenters. The van der Waals surface area contributed by atoms with Gasteiger partial charge in [0.25, 0.3) is 0 Å². The molecule has 1 unspecified atom stereocenters. The summed E-state index contributed by atoms with van der Waals surface area (Å²) in [7, 11) is 0. The van der Waals surface area contributed by atoms with E-state index in [0.29, 0.717) is 6.04 Å². The first-order chi connectivity index (χ1) is 8.24. The Labute approximate surface area is 105 Å². The smallest absolute Gasteiger partial charge is 0.00794 e. The van der Waals surface area contributed by atoms with Gasteiger partial charge in [0.2, 0.25) is 0 Å². The highest BCUT2D eigenvalue weighted by molar-refractivity contribution is 5.22. The van der Waals surface area contributed by atoms with Crippen LogP contribution in [0.15, 0.2) is 24.3 Å². The van der Waals surface area contributed by atoms with Crippen molar-refractivity contribution < 1.29 is 0 Å². The Balaban J connectivity index is 1.74. The molecule has 0 spiro atoms. The molecule has 0 heterocycles. The van der Waals surface area contributed by atoms with E-state index in [-0.39, 0.29) is 0 Å². The van der Waals surface area contributed by atoms with Crippen LogP contribution in [0.1, 0.15) is 49.7 Å². The van der Waals surface area contributed by atoms with Crippen LogP contribution in [0.4, 0.5) is 0 Å². The Hall–Kier alpha value is -0.820. The maximum atomic E-state index is 6.23. The summed E-state index contributed by atoms with van der Waals surface area (Å²) in [6, 6.07) is 9.08. The molecule has 0 aromatic heterocycles. The molecule has 94 valence electrons. The minimum absolute atomic E-state index is 0.345. The zero-order chi connectivity index (χ0) is 12.1. The normalized spacial score (nSPS) is 18.5. The SMILES string of the molecule is Cc1cccc(CC(N)CCC2CCCC2)c1. The van der Waals surface area contributed by atoms with Crippen LogP contribution in [0, 0.1) is 12.8 Å². The summed E-state index contributed by atoms with van der Waals surface area (Å²) in [5.41, 5.74) is 8.96. The Morgan fingerprint density at radius 2 is 2.06 bits per heavy atom. The lowest BCUT2D eigenvalue weighted by Gasteiger charge is -2.15. The summed E-state index contributed by atoms with van der Waals surface area (Å²) >= 11 is 0. The van der Waals surface area contributed by atoms with Crippen molar-refractivity contribution in [3.63, 3.8) is 0 Å². The third-order valence-corrected chi connectivity index (χ3v) is 4.00. The molecule has 1 fully saturated rings. The zero-order valence-electron chi connectivity index (χ0n) is 11.0. The molecule has 0 aliphatic heterocycles. The lowest BCUT2D eigenvalue weighted by molar-refractivity contribution is 0.447.